The summed E-state index contributed by atoms with van der Waals surface area (Å²) < 4.78 is 17.4. The number of carbonyl (C=O) groups is 1. The summed E-state index contributed by atoms with van der Waals surface area (Å²) in [7, 11) is 1.58. The Morgan fingerprint density at radius 2 is 1.97 bits per heavy atom. The van der Waals surface area contributed by atoms with Gasteiger partial charge in [0.05, 0.1) is 12.9 Å². The van der Waals surface area contributed by atoms with Crippen LogP contribution < -0.4 is 25.1 Å². The molecule has 0 bridgehead atoms. The van der Waals surface area contributed by atoms with E-state index in [1.807, 2.05) is 6.07 Å². The second-order valence-electron chi connectivity index (χ2n) is 6.78. The van der Waals surface area contributed by atoms with E-state index < -0.39 is 0 Å². The fourth-order valence-corrected chi connectivity index (χ4v) is 3.90. The van der Waals surface area contributed by atoms with Gasteiger partial charge in [-0.2, -0.15) is 0 Å². The van der Waals surface area contributed by atoms with Gasteiger partial charge in [-0.3, -0.25) is 14.7 Å². The number of amides is 1. The van der Waals surface area contributed by atoms with E-state index in [1.54, 1.807) is 43.5 Å². The Labute approximate surface area is 185 Å². The third-order valence-electron chi connectivity index (χ3n) is 4.66. The fourth-order valence-electron chi connectivity index (χ4n) is 3.15. The third-order valence-corrected chi connectivity index (χ3v) is 5.60. The maximum absolute atomic E-state index is 12.4. The zero-order chi connectivity index (χ0) is 22.1. The van der Waals surface area contributed by atoms with Crippen molar-refractivity contribution in [3.8, 4) is 28.6 Å². The van der Waals surface area contributed by atoms with Crippen molar-refractivity contribution in [3.63, 3.8) is 0 Å². The maximum Gasteiger partial charge on any atom is 0.266 e. The van der Waals surface area contributed by atoms with Gasteiger partial charge in [-0.1, -0.05) is 11.8 Å². The molecule has 0 fully saturated rings. The van der Waals surface area contributed by atoms with Crippen LogP contribution in [0.3, 0.4) is 0 Å². The standard InChI is InChI=1S/C21H17N5O5S/c1-29-14-5-3-13(4-6-14)22-19(28)10-32-21-24-20(23-17-9-18(27)25-26(17)21)12-2-7-15-16(8-12)31-11-30-15/h2-9H,10-11H2,1H3,(H,22,28)(H,25,27). The van der Waals surface area contributed by atoms with Crippen molar-refractivity contribution in [2.45, 2.75) is 5.16 Å². The summed E-state index contributed by atoms with van der Waals surface area (Å²) in [5.41, 5.74) is 1.44. The van der Waals surface area contributed by atoms with Crippen LogP contribution in [0, 0.1) is 0 Å². The minimum absolute atomic E-state index is 0.0823. The number of aromatic nitrogens is 4. The zero-order valence-electron chi connectivity index (χ0n) is 16.8. The molecular weight excluding hydrogens is 434 g/mol. The number of thioether (sulfide) groups is 1. The Morgan fingerprint density at radius 1 is 1.16 bits per heavy atom. The lowest BCUT2D eigenvalue weighted by atomic mass is 10.2. The van der Waals surface area contributed by atoms with E-state index in [4.69, 9.17) is 14.2 Å². The highest BCUT2D eigenvalue weighted by Crippen LogP contribution is 2.35. The number of anilines is 1. The minimum Gasteiger partial charge on any atom is -0.497 e. The molecule has 0 atom stereocenters. The van der Waals surface area contributed by atoms with E-state index in [9.17, 15) is 9.59 Å². The van der Waals surface area contributed by atoms with Crippen molar-refractivity contribution in [3.05, 3.63) is 58.9 Å². The number of hydrogen-bond donors (Lipinski definition) is 2. The predicted molar refractivity (Wildman–Crippen MR) is 118 cm³/mol. The quantitative estimate of drug-likeness (QED) is 0.429. The molecule has 1 aliphatic heterocycles. The van der Waals surface area contributed by atoms with Crippen LogP contribution in [0.2, 0.25) is 0 Å². The van der Waals surface area contributed by atoms with Crippen LogP contribution in [0.4, 0.5) is 5.69 Å². The van der Waals surface area contributed by atoms with Crippen LogP contribution in [0.5, 0.6) is 17.2 Å². The number of methoxy groups -OCH3 is 1. The molecule has 0 unspecified atom stereocenters. The molecule has 4 aromatic rings. The summed E-state index contributed by atoms with van der Waals surface area (Å²) >= 11 is 1.18. The minimum atomic E-state index is -0.313. The van der Waals surface area contributed by atoms with E-state index in [1.165, 1.54) is 22.3 Å². The summed E-state index contributed by atoms with van der Waals surface area (Å²) in [6, 6.07) is 13.8. The number of carbonyl (C=O) groups excluding carboxylic acids is 1. The van der Waals surface area contributed by atoms with Crippen molar-refractivity contribution in [1.29, 1.82) is 0 Å². The van der Waals surface area contributed by atoms with Gasteiger partial charge < -0.3 is 19.5 Å². The number of aromatic amines is 1. The number of nitrogens with one attached hydrogen (secondary N) is 2. The first-order valence-corrected chi connectivity index (χ1v) is 10.5. The Morgan fingerprint density at radius 3 is 2.78 bits per heavy atom. The molecule has 0 radical (unpaired) electrons. The van der Waals surface area contributed by atoms with Gasteiger partial charge in [-0.25, -0.2) is 14.5 Å². The molecule has 32 heavy (non-hydrogen) atoms. The Hall–Kier alpha value is -3.99. The number of ether oxygens (including phenoxy) is 3. The first-order valence-electron chi connectivity index (χ1n) is 9.55. The summed E-state index contributed by atoms with van der Waals surface area (Å²) in [5, 5.41) is 5.91. The SMILES string of the molecule is COc1ccc(NC(=O)CSc2nc(-c3ccc4c(c3)OCO4)nc3cc(=O)[nH]n23)cc1. The Bertz CT molecular complexity index is 1370. The first kappa shape index (κ1) is 19.9. The van der Waals surface area contributed by atoms with E-state index in [-0.39, 0.29) is 24.0 Å². The van der Waals surface area contributed by atoms with Crippen molar-refractivity contribution in [2.75, 3.05) is 25.0 Å². The molecule has 0 saturated carbocycles. The number of rotatable bonds is 6. The molecule has 1 aliphatic rings. The number of fused-ring (bicyclic) bond motifs is 2. The van der Waals surface area contributed by atoms with Gasteiger partial charge in [0.1, 0.15) is 5.75 Å². The van der Waals surface area contributed by atoms with Crippen molar-refractivity contribution < 1.29 is 19.0 Å². The average molecular weight is 451 g/mol. The number of benzene rings is 2. The lowest BCUT2D eigenvalue weighted by Gasteiger charge is -2.09. The zero-order valence-corrected chi connectivity index (χ0v) is 17.6. The number of hydrogen-bond acceptors (Lipinski definition) is 8. The van der Waals surface area contributed by atoms with Gasteiger partial charge in [0, 0.05) is 17.3 Å². The highest BCUT2D eigenvalue weighted by atomic mass is 32.2. The molecule has 162 valence electrons. The Balaban J connectivity index is 1.39. The van der Waals surface area contributed by atoms with Crippen molar-refractivity contribution in [2.24, 2.45) is 0 Å². The second kappa shape index (κ2) is 8.27. The van der Waals surface area contributed by atoms with Crippen LogP contribution in [0.25, 0.3) is 17.0 Å². The Kier molecular flexibility index (Phi) is 5.15. The molecule has 0 saturated heterocycles. The highest BCUT2D eigenvalue weighted by Gasteiger charge is 2.17. The van der Waals surface area contributed by atoms with Gasteiger partial charge in [0.2, 0.25) is 12.7 Å². The van der Waals surface area contributed by atoms with Gasteiger partial charge in [-0.05, 0) is 42.5 Å². The van der Waals surface area contributed by atoms with Crippen LogP contribution >= 0.6 is 11.8 Å². The predicted octanol–water partition coefficient (Wildman–Crippen LogP) is 2.55. The average Bonchev–Trinajstić information content (AvgIpc) is 3.42. The van der Waals surface area contributed by atoms with Crippen LogP contribution in [-0.4, -0.2) is 45.1 Å². The summed E-state index contributed by atoms with van der Waals surface area (Å²) in [6.45, 7) is 0.163. The molecule has 2 aromatic heterocycles. The molecule has 2 aromatic carbocycles. The molecule has 5 rings (SSSR count). The van der Waals surface area contributed by atoms with E-state index in [0.29, 0.717) is 45.1 Å². The number of nitrogens with zero attached hydrogens (tertiary/aromatic N) is 3. The molecule has 0 spiro atoms. The molecule has 0 aliphatic carbocycles. The van der Waals surface area contributed by atoms with Crippen LogP contribution in [0.1, 0.15) is 0 Å². The van der Waals surface area contributed by atoms with E-state index in [2.05, 4.69) is 20.4 Å². The van der Waals surface area contributed by atoms with Crippen molar-refractivity contribution >= 4 is 29.0 Å². The van der Waals surface area contributed by atoms with Gasteiger partial charge in [0.15, 0.2) is 28.1 Å². The summed E-state index contributed by atoms with van der Waals surface area (Å²) in [4.78, 5) is 33.4. The molecule has 3 heterocycles. The second-order valence-corrected chi connectivity index (χ2v) is 7.72. The number of H-pyrrole nitrogens is 1. The van der Waals surface area contributed by atoms with Gasteiger partial charge in [0.25, 0.3) is 5.56 Å². The topological polar surface area (TPSA) is 120 Å². The van der Waals surface area contributed by atoms with Crippen LogP contribution in [0.15, 0.2) is 58.5 Å². The van der Waals surface area contributed by atoms with E-state index in [0.717, 1.165) is 0 Å². The van der Waals surface area contributed by atoms with Crippen LogP contribution in [-0.2, 0) is 4.79 Å². The smallest absolute Gasteiger partial charge is 0.266 e. The normalized spacial score (nSPS) is 12.2. The molecule has 10 nitrogen and oxygen atoms in total. The highest BCUT2D eigenvalue weighted by molar-refractivity contribution is 7.99. The van der Waals surface area contributed by atoms with Gasteiger partial charge in [-0.15, -0.1) is 0 Å². The third kappa shape index (κ3) is 3.97. The molecule has 2 N–H and O–H groups in total. The van der Waals surface area contributed by atoms with E-state index >= 15 is 0 Å². The first-order chi connectivity index (χ1) is 15.6. The van der Waals surface area contributed by atoms with Crippen molar-refractivity contribution in [1.82, 2.24) is 19.6 Å². The lowest BCUT2D eigenvalue weighted by Crippen LogP contribution is -2.15. The summed E-state index contributed by atoms with van der Waals surface area (Å²) in [6.07, 6.45) is 0. The monoisotopic (exact) mass is 451 g/mol. The van der Waals surface area contributed by atoms with Gasteiger partial charge >= 0.3 is 0 Å². The molecular formula is C21H17N5O5S. The molecule has 11 heteroatoms. The fraction of sp³-hybridized carbons (Fsp3) is 0.143. The largest absolute Gasteiger partial charge is 0.497 e. The maximum atomic E-state index is 12.4. The molecule has 1 amide bonds. The lowest BCUT2D eigenvalue weighted by molar-refractivity contribution is -0.113. The summed E-state index contributed by atoms with van der Waals surface area (Å²) in [5.74, 6) is 2.22.